The van der Waals surface area contributed by atoms with Gasteiger partial charge >= 0.3 is 6.18 Å². The van der Waals surface area contributed by atoms with Gasteiger partial charge < -0.3 is 9.73 Å². The second-order valence-corrected chi connectivity index (χ2v) is 6.46. The Kier molecular flexibility index (Phi) is 5.53. The summed E-state index contributed by atoms with van der Waals surface area (Å²) in [5.74, 6) is 0.643. The Hall–Kier alpha value is -3.09. The highest BCUT2D eigenvalue weighted by Crippen LogP contribution is 2.33. The molecule has 0 saturated carbocycles. The molecule has 0 aliphatic carbocycles. The number of aromatic nitrogens is 1. The second-order valence-electron chi connectivity index (χ2n) is 6.46. The van der Waals surface area contributed by atoms with E-state index in [1.807, 2.05) is 37.3 Å². The van der Waals surface area contributed by atoms with Gasteiger partial charge in [0.05, 0.1) is 11.3 Å². The average Bonchev–Trinajstić information content (AvgIpc) is 3.02. The predicted molar refractivity (Wildman–Crippen MR) is 99.8 cm³/mol. The molecule has 0 unspecified atom stereocenters. The second kappa shape index (κ2) is 7.88. The zero-order chi connectivity index (χ0) is 20.3. The van der Waals surface area contributed by atoms with Gasteiger partial charge in [0, 0.05) is 24.1 Å². The van der Waals surface area contributed by atoms with Gasteiger partial charge in [-0.3, -0.25) is 4.79 Å². The van der Waals surface area contributed by atoms with Crippen LogP contribution in [0.15, 0.2) is 52.9 Å². The lowest BCUT2D eigenvalue weighted by Gasteiger charge is -2.12. The zero-order valence-corrected chi connectivity index (χ0v) is 15.4. The maximum absolute atomic E-state index is 13.0. The van der Waals surface area contributed by atoms with Crippen LogP contribution in [-0.4, -0.2) is 10.9 Å². The van der Waals surface area contributed by atoms with Crippen LogP contribution < -0.4 is 5.32 Å². The van der Waals surface area contributed by atoms with Gasteiger partial charge in [-0.2, -0.15) is 13.2 Å². The molecule has 0 radical (unpaired) electrons. The molecule has 1 aromatic heterocycles. The van der Waals surface area contributed by atoms with E-state index < -0.39 is 17.6 Å². The molecule has 28 heavy (non-hydrogen) atoms. The lowest BCUT2D eigenvalue weighted by molar-refractivity contribution is -0.138. The monoisotopic (exact) mass is 388 g/mol. The Bertz CT molecular complexity index is 979. The number of carbonyl (C=O) groups is 1. The number of carbonyl (C=O) groups excluding carboxylic acids is 1. The van der Waals surface area contributed by atoms with E-state index in [1.165, 1.54) is 19.1 Å². The summed E-state index contributed by atoms with van der Waals surface area (Å²) in [6.45, 7) is 3.20. The van der Waals surface area contributed by atoms with E-state index in [0.29, 0.717) is 11.7 Å². The standard InChI is InChI=1S/C21H19F3N2O2/c1-13-8-9-16(12-17(13)21(22,23)24)26-18(27)10-11-19-25-14(2)20(28-19)15-6-4-3-5-7-15/h3-9,12H,10-11H2,1-2H3,(H,26,27). The number of hydrogen-bond donors (Lipinski definition) is 1. The lowest BCUT2D eigenvalue weighted by Crippen LogP contribution is -2.14. The van der Waals surface area contributed by atoms with Crippen molar-refractivity contribution in [1.29, 1.82) is 0 Å². The SMILES string of the molecule is Cc1ccc(NC(=O)CCc2nc(C)c(-c3ccccc3)o2)cc1C(F)(F)F. The minimum atomic E-state index is -4.46. The Morgan fingerprint density at radius 1 is 1.11 bits per heavy atom. The van der Waals surface area contributed by atoms with E-state index >= 15 is 0 Å². The zero-order valence-electron chi connectivity index (χ0n) is 15.4. The molecular weight excluding hydrogens is 369 g/mol. The molecule has 3 rings (SSSR count). The molecule has 1 heterocycles. The molecule has 4 nitrogen and oxygen atoms in total. The molecule has 146 valence electrons. The third-order valence-electron chi connectivity index (χ3n) is 4.27. The number of anilines is 1. The van der Waals surface area contributed by atoms with Crippen molar-refractivity contribution >= 4 is 11.6 Å². The van der Waals surface area contributed by atoms with Gasteiger partial charge in [0.1, 0.15) is 0 Å². The van der Waals surface area contributed by atoms with Gasteiger partial charge in [0.2, 0.25) is 5.91 Å². The highest BCUT2D eigenvalue weighted by atomic mass is 19.4. The number of alkyl halides is 3. The van der Waals surface area contributed by atoms with Crippen molar-refractivity contribution in [3.05, 3.63) is 71.2 Å². The maximum Gasteiger partial charge on any atom is 0.416 e. The number of halogens is 3. The summed E-state index contributed by atoms with van der Waals surface area (Å²) in [5.41, 5.74) is 1.06. The Morgan fingerprint density at radius 2 is 1.82 bits per heavy atom. The Labute approximate surface area is 160 Å². The van der Waals surface area contributed by atoms with Gasteiger partial charge in [-0.25, -0.2) is 4.98 Å². The summed E-state index contributed by atoms with van der Waals surface area (Å²) in [4.78, 5) is 16.5. The van der Waals surface area contributed by atoms with Crippen LogP contribution in [0.25, 0.3) is 11.3 Å². The molecule has 0 fully saturated rings. The fourth-order valence-corrected chi connectivity index (χ4v) is 2.87. The number of rotatable bonds is 5. The van der Waals surface area contributed by atoms with Crippen LogP contribution in [-0.2, 0) is 17.4 Å². The normalized spacial score (nSPS) is 11.5. The van der Waals surface area contributed by atoms with Gasteiger partial charge in [-0.05, 0) is 31.5 Å². The molecule has 0 bridgehead atoms. The van der Waals surface area contributed by atoms with Crippen LogP contribution >= 0.6 is 0 Å². The van der Waals surface area contributed by atoms with Gasteiger partial charge in [0.15, 0.2) is 11.7 Å². The first kappa shape index (κ1) is 19.7. The summed E-state index contributed by atoms with van der Waals surface area (Å²) in [5, 5.41) is 2.50. The van der Waals surface area contributed by atoms with Gasteiger partial charge in [-0.15, -0.1) is 0 Å². The summed E-state index contributed by atoms with van der Waals surface area (Å²) in [7, 11) is 0. The maximum atomic E-state index is 13.0. The quantitative estimate of drug-likeness (QED) is 0.624. The molecule has 1 N–H and O–H groups in total. The first-order valence-electron chi connectivity index (χ1n) is 8.73. The summed E-state index contributed by atoms with van der Waals surface area (Å²) < 4.78 is 44.7. The molecule has 1 amide bonds. The van der Waals surface area contributed by atoms with Crippen molar-refractivity contribution in [1.82, 2.24) is 4.98 Å². The molecule has 3 aromatic rings. The Balaban J connectivity index is 1.64. The summed E-state index contributed by atoms with van der Waals surface area (Å²) in [6.07, 6.45) is -4.17. The number of aryl methyl sites for hydroxylation is 3. The van der Waals surface area contributed by atoms with Gasteiger partial charge in [-0.1, -0.05) is 36.4 Å². The van der Waals surface area contributed by atoms with Crippen LogP contribution in [0.2, 0.25) is 0 Å². The van der Waals surface area contributed by atoms with E-state index in [1.54, 1.807) is 0 Å². The first-order chi connectivity index (χ1) is 13.2. The van der Waals surface area contributed by atoms with Crippen molar-refractivity contribution in [2.75, 3.05) is 5.32 Å². The molecule has 0 atom stereocenters. The van der Waals surface area contributed by atoms with E-state index in [2.05, 4.69) is 10.3 Å². The van der Waals surface area contributed by atoms with E-state index in [0.717, 1.165) is 17.3 Å². The van der Waals surface area contributed by atoms with Crippen LogP contribution in [0.4, 0.5) is 18.9 Å². The molecule has 7 heteroatoms. The number of nitrogens with zero attached hydrogens (tertiary/aromatic N) is 1. The van der Waals surface area contributed by atoms with Crippen molar-refractivity contribution in [2.45, 2.75) is 32.9 Å². The number of nitrogens with one attached hydrogen (secondary N) is 1. The molecule has 0 aliphatic rings. The molecule has 2 aromatic carbocycles. The number of oxazole rings is 1. The van der Waals surface area contributed by atoms with Crippen LogP contribution in [0.3, 0.4) is 0 Å². The van der Waals surface area contributed by atoms with Crippen LogP contribution in [0.5, 0.6) is 0 Å². The molecular formula is C21H19F3N2O2. The molecule has 0 spiro atoms. The van der Waals surface area contributed by atoms with Crippen molar-refractivity contribution in [2.24, 2.45) is 0 Å². The average molecular weight is 388 g/mol. The van der Waals surface area contributed by atoms with E-state index in [9.17, 15) is 18.0 Å². The fourth-order valence-electron chi connectivity index (χ4n) is 2.87. The van der Waals surface area contributed by atoms with Gasteiger partial charge in [0.25, 0.3) is 0 Å². The van der Waals surface area contributed by atoms with Crippen molar-refractivity contribution in [3.63, 3.8) is 0 Å². The summed E-state index contributed by atoms with van der Waals surface area (Å²) >= 11 is 0. The lowest BCUT2D eigenvalue weighted by atomic mass is 10.1. The van der Waals surface area contributed by atoms with Crippen molar-refractivity contribution in [3.8, 4) is 11.3 Å². The van der Waals surface area contributed by atoms with Crippen LogP contribution in [0, 0.1) is 13.8 Å². The smallest absolute Gasteiger partial charge is 0.416 e. The summed E-state index contributed by atoms with van der Waals surface area (Å²) in [6, 6.07) is 13.2. The highest BCUT2D eigenvalue weighted by molar-refractivity contribution is 5.90. The first-order valence-corrected chi connectivity index (χ1v) is 8.73. The Morgan fingerprint density at radius 3 is 2.50 bits per heavy atom. The third kappa shape index (κ3) is 4.60. The molecule has 0 saturated heterocycles. The highest BCUT2D eigenvalue weighted by Gasteiger charge is 2.32. The minimum absolute atomic E-state index is 0.0451. The number of hydrogen-bond acceptors (Lipinski definition) is 3. The fraction of sp³-hybridized carbons (Fsp3) is 0.238. The number of amides is 1. The largest absolute Gasteiger partial charge is 0.440 e. The number of benzene rings is 2. The van der Waals surface area contributed by atoms with E-state index in [-0.39, 0.29) is 24.1 Å². The van der Waals surface area contributed by atoms with Crippen LogP contribution in [0.1, 0.15) is 29.1 Å². The topological polar surface area (TPSA) is 55.1 Å². The predicted octanol–water partition coefficient (Wildman–Crippen LogP) is 5.55. The third-order valence-corrected chi connectivity index (χ3v) is 4.27. The van der Waals surface area contributed by atoms with E-state index in [4.69, 9.17) is 4.42 Å². The molecule has 0 aliphatic heterocycles. The minimum Gasteiger partial charge on any atom is -0.440 e. The van der Waals surface area contributed by atoms with Crippen molar-refractivity contribution < 1.29 is 22.4 Å².